The Morgan fingerprint density at radius 3 is 1.98 bits per heavy atom. The highest BCUT2D eigenvalue weighted by Crippen LogP contribution is 2.70. The SMILES string of the molecule is CC.CC.CC(=O)C1[C@H](C)CC2C3C[C@H](F)C4=CC(=O)C=CC4(C)C3(F)C(O)CC21C.CC[C@@H](C)CN(CCCNC(=O)CCCCCCCCCCCNCCC(C)=O)C(C)C(O)[C@@](C)(COC(=O)C(C)[C@@H](O)C[C@@H](O)[C@H](C)O)OC. The van der Waals surface area contributed by atoms with Crippen LogP contribution in [0.3, 0.4) is 0 Å². The maximum Gasteiger partial charge on any atom is 0.311 e. The van der Waals surface area contributed by atoms with Gasteiger partial charge in [0.25, 0.3) is 0 Å². The first-order valence-corrected chi connectivity index (χ1v) is 31.7. The molecular weight excluding hydrogens is 1050 g/mol. The van der Waals surface area contributed by atoms with Gasteiger partial charge in [0, 0.05) is 75.8 Å². The van der Waals surface area contributed by atoms with Gasteiger partial charge in [-0.3, -0.25) is 28.9 Å². The molecule has 0 aliphatic heterocycles. The molecule has 0 heterocycles. The number of hydrogen-bond acceptors (Lipinski definition) is 14. The molecule has 0 saturated heterocycles. The summed E-state index contributed by atoms with van der Waals surface area (Å²) in [5, 5.41) is 58.6. The van der Waals surface area contributed by atoms with Gasteiger partial charge < -0.3 is 45.6 Å². The molecule has 0 bridgehead atoms. The summed E-state index contributed by atoms with van der Waals surface area (Å²) in [7, 11) is 1.46. The van der Waals surface area contributed by atoms with E-state index in [0.717, 1.165) is 58.2 Å². The predicted octanol–water partition coefficient (Wildman–Crippen LogP) is 9.95. The van der Waals surface area contributed by atoms with Gasteiger partial charge in [-0.05, 0) is 134 Å². The van der Waals surface area contributed by atoms with Crippen molar-refractivity contribution < 1.29 is 67.8 Å². The zero-order valence-electron chi connectivity index (χ0n) is 53.8. The van der Waals surface area contributed by atoms with E-state index in [0.29, 0.717) is 38.3 Å². The fourth-order valence-corrected chi connectivity index (χ4v) is 13.3. The highest BCUT2D eigenvalue weighted by Gasteiger charge is 2.73. The lowest BCUT2D eigenvalue weighted by Crippen LogP contribution is -2.68. The van der Waals surface area contributed by atoms with E-state index >= 15 is 8.78 Å². The Balaban J connectivity index is 0.000000895. The number of rotatable bonds is 34. The number of hydrogen-bond donors (Lipinski definition) is 7. The third kappa shape index (κ3) is 21.4. The number of ketones is 3. The quantitative estimate of drug-likeness (QED) is 0.0235. The summed E-state index contributed by atoms with van der Waals surface area (Å²) in [4.78, 5) is 62.5. The number of aliphatic hydroxyl groups is 5. The molecule has 10 unspecified atom stereocenters. The number of fused-ring (bicyclic) bond motifs is 5. The van der Waals surface area contributed by atoms with Crippen LogP contribution in [0.15, 0.2) is 23.8 Å². The van der Waals surface area contributed by atoms with Crippen molar-refractivity contribution in [3.05, 3.63) is 23.8 Å². The summed E-state index contributed by atoms with van der Waals surface area (Å²) in [6, 6.07) is -0.344. The van der Waals surface area contributed by atoms with Gasteiger partial charge in [-0.15, -0.1) is 0 Å². The van der Waals surface area contributed by atoms with Crippen molar-refractivity contribution in [3.8, 4) is 0 Å². The summed E-state index contributed by atoms with van der Waals surface area (Å²) in [6.07, 6.45) is 10.7. The molecule has 82 heavy (non-hydrogen) atoms. The molecule has 4 aliphatic rings. The number of esters is 1. The number of carbonyl (C=O) groups excluding carboxylic acids is 5. The normalized spacial score (nSPS) is 28.6. The van der Waals surface area contributed by atoms with Crippen molar-refractivity contribution >= 4 is 29.2 Å². The maximum absolute atomic E-state index is 16.8. The minimum Gasteiger partial charge on any atom is -0.462 e. The maximum atomic E-state index is 16.8. The van der Waals surface area contributed by atoms with Crippen LogP contribution in [0, 0.1) is 46.3 Å². The lowest BCUT2D eigenvalue weighted by atomic mass is 9.45. The minimum absolute atomic E-state index is 0.0479. The second-order valence-electron chi connectivity index (χ2n) is 24.8. The van der Waals surface area contributed by atoms with Crippen LogP contribution in [0.2, 0.25) is 0 Å². The molecule has 3 fully saturated rings. The van der Waals surface area contributed by atoms with Gasteiger partial charge in [0.1, 0.15) is 36.1 Å². The molecule has 0 aromatic heterocycles. The largest absolute Gasteiger partial charge is 0.462 e. The number of methoxy groups -OCH3 is 1. The molecule has 17 heteroatoms. The molecule has 3 saturated carbocycles. The fourth-order valence-electron chi connectivity index (χ4n) is 13.3. The lowest BCUT2D eigenvalue weighted by Gasteiger charge is -2.62. The molecular formula is C65H117F2N3O12. The second-order valence-corrected chi connectivity index (χ2v) is 24.8. The number of alkyl halides is 2. The van der Waals surface area contributed by atoms with Crippen molar-refractivity contribution in [2.24, 2.45) is 46.3 Å². The van der Waals surface area contributed by atoms with E-state index in [4.69, 9.17) is 9.47 Å². The van der Waals surface area contributed by atoms with E-state index in [-0.39, 0.29) is 78.5 Å². The number of amides is 1. The molecule has 7 N–H and O–H groups in total. The van der Waals surface area contributed by atoms with E-state index in [9.17, 15) is 49.5 Å². The van der Waals surface area contributed by atoms with Crippen LogP contribution in [0.25, 0.3) is 0 Å². The molecule has 0 radical (unpaired) electrons. The van der Waals surface area contributed by atoms with E-state index in [1.807, 2.05) is 48.5 Å². The first kappa shape index (κ1) is 77.0. The van der Waals surface area contributed by atoms with E-state index in [2.05, 4.69) is 29.4 Å². The molecule has 0 aromatic carbocycles. The van der Waals surface area contributed by atoms with Gasteiger partial charge in [-0.25, -0.2) is 8.78 Å². The van der Waals surface area contributed by atoms with Gasteiger partial charge >= 0.3 is 5.97 Å². The Morgan fingerprint density at radius 1 is 0.841 bits per heavy atom. The molecule has 15 nitrogen and oxygen atoms in total. The molecule has 4 rings (SSSR count). The zero-order valence-corrected chi connectivity index (χ0v) is 53.8. The smallest absolute Gasteiger partial charge is 0.311 e. The molecule has 1 amide bonds. The number of unbranched alkanes of at least 4 members (excludes halogenated alkanes) is 8. The van der Waals surface area contributed by atoms with Gasteiger partial charge in [0.05, 0.1) is 30.3 Å². The number of nitrogens with one attached hydrogen (secondary N) is 2. The van der Waals surface area contributed by atoms with Gasteiger partial charge in [-0.1, -0.05) is 113 Å². The summed E-state index contributed by atoms with van der Waals surface area (Å²) in [6.45, 7) is 31.0. The van der Waals surface area contributed by atoms with Crippen LogP contribution in [-0.2, 0) is 33.4 Å². The Hall–Kier alpha value is -3.03. The monoisotopic (exact) mass is 1170 g/mol. The number of nitrogens with zero attached hydrogens (tertiary/aromatic N) is 1. The number of halogens is 2. The van der Waals surface area contributed by atoms with Crippen LogP contribution in [0.1, 0.15) is 213 Å². The molecule has 4 aliphatic carbocycles. The van der Waals surface area contributed by atoms with Gasteiger partial charge in [0.2, 0.25) is 5.91 Å². The lowest BCUT2D eigenvalue weighted by molar-refractivity contribution is -0.201. The van der Waals surface area contributed by atoms with Crippen LogP contribution in [0.4, 0.5) is 8.78 Å². The van der Waals surface area contributed by atoms with Crippen LogP contribution in [-0.4, -0.2) is 160 Å². The van der Waals surface area contributed by atoms with Crippen LogP contribution >= 0.6 is 0 Å². The number of Topliss-reactive ketones (excluding diaryl/α,β-unsaturated/α-hetero) is 2. The number of allylic oxidation sites excluding steroid dienone is 4. The van der Waals surface area contributed by atoms with Crippen LogP contribution < -0.4 is 10.6 Å². The van der Waals surface area contributed by atoms with E-state index in [1.165, 1.54) is 71.3 Å². The minimum atomic E-state index is -2.05. The van der Waals surface area contributed by atoms with Crippen molar-refractivity contribution in [2.75, 3.05) is 46.4 Å². The van der Waals surface area contributed by atoms with E-state index in [1.54, 1.807) is 27.7 Å². The van der Waals surface area contributed by atoms with Crippen LogP contribution in [0.5, 0.6) is 0 Å². The first-order chi connectivity index (χ1) is 38.6. The summed E-state index contributed by atoms with van der Waals surface area (Å²) in [5.74, 6) is -2.25. The first-order valence-electron chi connectivity index (χ1n) is 31.7. The van der Waals surface area contributed by atoms with Crippen molar-refractivity contribution in [3.63, 3.8) is 0 Å². The predicted molar refractivity (Wildman–Crippen MR) is 322 cm³/mol. The summed E-state index contributed by atoms with van der Waals surface area (Å²) >= 11 is 0. The zero-order chi connectivity index (χ0) is 62.8. The fraction of sp³-hybridized carbons (Fsp3) is 0.862. The molecule has 0 spiro atoms. The molecule has 0 aromatic rings. The van der Waals surface area contributed by atoms with Gasteiger partial charge in [0.15, 0.2) is 11.5 Å². The van der Waals surface area contributed by atoms with Crippen molar-refractivity contribution in [1.29, 1.82) is 0 Å². The topological polar surface area (TPSA) is 232 Å². The van der Waals surface area contributed by atoms with Gasteiger partial charge in [-0.2, -0.15) is 0 Å². The van der Waals surface area contributed by atoms with Crippen molar-refractivity contribution in [2.45, 2.75) is 267 Å². The Morgan fingerprint density at radius 2 is 1.43 bits per heavy atom. The average Bonchev–Trinajstić information content (AvgIpc) is 1.30. The third-order valence-corrected chi connectivity index (χ3v) is 18.6. The summed E-state index contributed by atoms with van der Waals surface area (Å²) in [5.41, 5.74) is -5.01. The van der Waals surface area contributed by atoms with Crippen molar-refractivity contribution in [1.82, 2.24) is 15.5 Å². The third-order valence-electron chi connectivity index (χ3n) is 18.6. The second kappa shape index (κ2) is 37.5. The Labute approximate surface area is 494 Å². The number of carbonyl (C=O) groups is 5. The number of aliphatic hydroxyl groups excluding tert-OH is 5. The average molecular weight is 1170 g/mol. The highest BCUT2D eigenvalue weighted by molar-refractivity contribution is 6.01. The summed E-state index contributed by atoms with van der Waals surface area (Å²) < 4.78 is 43.1. The molecule has 17 atom stereocenters. The van der Waals surface area contributed by atoms with E-state index < -0.39 is 76.6 Å². The Kier molecular flexibility index (Phi) is 35.2. The number of ether oxygens (including phenoxy) is 2. The standard InChI is InChI=1S/C39H77N3O9.C22H28F2O3.2C2H6/c1-9-29(2)27-42(32(5)37(48)39(7,50-8)28-51-38(49)31(4)34(45)26-35(46)33(6)44)25-19-23-41-36(47)20-17-15-13-11-10-12-14-16-18-22-40-24-21-30(3)43;1-11-7-14-15-9-17(23)16-8-13(26)5-6-21(16,4)22(15,24)18(27)10-20(14,3)19(11)12(2)25;2*1-2/h29,31-35,37,40,44-46,48H,9-28H2,1-8H3,(H,41,47);5-6,8,11,14-15,17-19,27H,7,9-10H2,1-4H3;2*1-2H3/t29-,31?,32?,33+,34+,35-,37?,39-;11-,14?,15?,17+,18?,19?,20?,21?,22?;;/m11../s1. The highest BCUT2D eigenvalue weighted by atomic mass is 19.1. The Bertz CT molecular complexity index is 1980. The molecule has 478 valence electrons.